The minimum Gasteiger partial charge on any atom is -0.387 e. The van der Waals surface area contributed by atoms with Gasteiger partial charge < -0.3 is 5.11 Å². The Balaban J connectivity index is 2.05. The lowest BCUT2D eigenvalue weighted by atomic mass is 9.69. The normalized spacial score (nSPS) is 18.5. The summed E-state index contributed by atoms with van der Waals surface area (Å²) in [5, 5.41) is 11.1. The molecule has 1 unspecified atom stereocenters. The summed E-state index contributed by atoms with van der Waals surface area (Å²) in [6, 6.07) is 10.1. The molecule has 1 aromatic carbocycles. The molecule has 0 radical (unpaired) electrons. The highest BCUT2D eigenvalue weighted by molar-refractivity contribution is 5.60. The lowest BCUT2D eigenvalue weighted by Gasteiger charge is -2.35. The smallest absolute Gasteiger partial charge is 0.0887 e. The van der Waals surface area contributed by atoms with Gasteiger partial charge in [0.25, 0.3) is 0 Å². The lowest BCUT2D eigenvalue weighted by molar-refractivity contribution is 0.149. The van der Waals surface area contributed by atoms with Crippen LogP contribution < -0.4 is 0 Å². The van der Waals surface area contributed by atoms with E-state index in [1.165, 1.54) is 77.0 Å². The van der Waals surface area contributed by atoms with Gasteiger partial charge in [-0.05, 0) is 79.2 Å². The third-order valence-corrected chi connectivity index (χ3v) is 7.88. The highest BCUT2D eigenvalue weighted by Gasteiger charge is 2.43. The van der Waals surface area contributed by atoms with Gasteiger partial charge in [0.05, 0.1) is 6.10 Å². The average Bonchev–Trinajstić information content (AvgIpc) is 3.11. The molecule has 0 fully saturated rings. The predicted molar refractivity (Wildman–Crippen MR) is 148 cm³/mol. The number of rotatable bonds is 14. The van der Waals surface area contributed by atoms with E-state index in [9.17, 15) is 5.11 Å². The molecule has 1 heteroatoms. The van der Waals surface area contributed by atoms with Crippen LogP contribution in [0.4, 0.5) is 0 Å². The Labute approximate surface area is 209 Å². The molecule has 0 bridgehead atoms. The number of allylic oxidation sites excluding steroid dienone is 6. The lowest BCUT2D eigenvalue weighted by Crippen LogP contribution is -2.24. The zero-order chi connectivity index (χ0) is 24.4. The van der Waals surface area contributed by atoms with Gasteiger partial charge in [0, 0.05) is 11.3 Å². The Bertz CT molecular complexity index is 830. The fourth-order valence-electron chi connectivity index (χ4n) is 5.91. The van der Waals surface area contributed by atoms with Gasteiger partial charge in [0.2, 0.25) is 0 Å². The topological polar surface area (TPSA) is 20.2 Å². The second-order valence-electron chi connectivity index (χ2n) is 10.3. The first-order chi connectivity index (χ1) is 16.6. The molecule has 1 spiro atoms. The van der Waals surface area contributed by atoms with Crippen molar-refractivity contribution in [3.8, 4) is 0 Å². The zero-order valence-electron chi connectivity index (χ0n) is 22.3. The van der Waals surface area contributed by atoms with E-state index in [0.29, 0.717) is 0 Å². The van der Waals surface area contributed by atoms with Crippen LogP contribution >= 0.6 is 0 Å². The average molecular weight is 461 g/mol. The quantitative estimate of drug-likeness (QED) is 0.274. The summed E-state index contributed by atoms with van der Waals surface area (Å²) in [6.07, 6.45) is 24.0. The van der Waals surface area contributed by atoms with Gasteiger partial charge in [-0.25, -0.2) is 0 Å². The van der Waals surface area contributed by atoms with Crippen LogP contribution in [0.25, 0.3) is 0 Å². The number of unbranched alkanes of at least 4 members (excludes halogenated alkanes) is 4. The zero-order valence-corrected chi connectivity index (χ0v) is 22.3. The van der Waals surface area contributed by atoms with Crippen molar-refractivity contribution in [2.75, 3.05) is 0 Å². The second-order valence-corrected chi connectivity index (χ2v) is 10.3. The van der Waals surface area contributed by atoms with Crippen molar-refractivity contribution in [3.05, 3.63) is 82.5 Å². The first kappa shape index (κ1) is 26.7. The molecule has 2 aliphatic carbocycles. The molecule has 0 saturated heterocycles. The monoisotopic (exact) mass is 460 g/mol. The molecular formula is C33H48O. The number of benzene rings is 1. The predicted octanol–water partition coefficient (Wildman–Crippen LogP) is 9.82. The van der Waals surface area contributed by atoms with Crippen molar-refractivity contribution < 1.29 is 5.11 Å². The summed E-state index contributed by atoms with van der Waals surface area (Å²) < 4.78 is 0. The van der Waals surface area contributed by atoms with Crippen molar-refractivity contribution in [1.82, 2.24) is 0 Å². The minimum absolute atomic E-state index is 0.0339. The fourth-order valence-corrected chi connectivity index (χ4v) is 5.91. The van der Waals surface area contributed by atoms with Crippen LogP contribution in [-0.2, 0) is 0 Å². The summed E-state index contributed by atoms with van der Waals surface area (Å²) in [5.74, 6) is 0.0339. The van der Waals surface area contributed by atoms with Gasteiger partial charge in [-0.3, -0.25) is 0 Å². The largest absolute Gasteiger partial charge is 0.387 e. The summed E-state index contributed by atoms with van der Waals surface area (Å²) in [5.41, 5.74) is 7.71. The van der Waals surface area contributed by atoms with Gasteiger partial charge in [-0.1, -0.05) is 108 Å². The van der Waals surface area contributed by atoms with Crippen LogP contribution in [0, 0.1) is 11.3 Å². The van der Waals surface area contributed by atoms with E-state index in [-0.39, 0.29) is 11.3 Å². The highest BCUT2D eigenvalue weighted by Crippen LogP contribution is 2.56. The third kappa shape index (κ3) is 5.85. The molecule has 2 aliphatic rings. The van der Waals surface area contributed by atoms with Crippen LogP contribution in [0.1, 0.15) is 116 Å². The Morgan fingerprint density at radius 3 is 1.56 bits per heavy atom. The standard InChI is InChI=1S/C33H48O/c1-5-9-18-28-29(19-10-6-2)31(21-12-8-4)33(30(28)20-11-7-3)24-22-27(23-25-33)32(34)26-16-14-13-15-17-26/h13-17,22-25,27,32,34H,5-12,18-21H2,1-4H3. The molecule has 0 saturated carbocycles. The molecule has 1 atom stereocenters. The van der Waals surface area contributed by atoms with E-state index in [0.717, 1.165) is 5.56 Å². The maximum Gasteiger partial charge on any atom is 0.0887 e. The van der Waals surface area contributed by atoms with Crippen LogP contribution in [0.5, 0.6) is 0 Å². The van der Waals surface area contributed by atoms with Crippen molar-refractivity contribution in [3.63, 3.8) is 0 Å². The Morgan fingerprint density at radius 1 is 0.676 bits per heavy atom. The fraction of sp³-hybridized carbons (Fsp3) is 0.576. The van der Waals surface area contributed by atoms with E-state index in [4.69, 9.17) is 0 Å². The summed E-state index contributed by atoms with van der Waals surface area (Å²) in [4.78, 5) is 0. The van der Waals surface area contributed by atoms with Crippen molar-refractivity contribution >= 4 is 0 Å². The molecule has 34 heavy (non-hydrogen) atoms. The molecule has 0 heterocycles. The third-order valence-electron chi connectivity index (χ3n) is 7.88. The molecule has 1 N–H and O–H groups in total. The van der Waals surface area contributed by atoms with Crippen molar-refractivity contribution in [1.29, 1.82) is 0 Å². The van der Waals surface area contributed by atoms with Crippen LogP contribution in [0.2, 0.25) is 0 Å². The van der Waals surface area contributed by atoms with Crippen molar-refractivity contribution in [2.45, 2.75) is 111 Å². The molecule has 0 amide bonds. The summed E-state index contributed by atoms with van der Waals surface area (Å²) in [6.45, 7) is 9.27. The summed E-state index contributed by atoms with van der Waals surface area (Å²) >= 11 is 0. The molecule has 0 aliphatic heterocycles. The molecule has 0 aromatic heterocycles. The van der Waals surface area contributed by atoms with Gasteiger partial charge >= 0.3 is 0 Å². The first-order valence-corrected chi connectivity index (χ1v) is 14.2. The highest BCUT2D eigenvalue weighted by atomic mass is 16.3. The van der Waals surface area contributed by atoms with Crippen LogP contribution in [-0.4, -0.2) is 5.11 Å². The van der Waals surface area contributed by atoms with E-state index in [1.807, 2.05) is 30.3 Å². The summed E-state index contributed by atoms with van der Waals surface area (Å²) in [7, 11) is 0. The number of aliphatic hydroxyl groups excluding tert-OH is 1. The number of hydrogen-bond acceptors (Lipinski definition) is 1. The second kappa shape index (κ2) is 13.3. The number of hydrogen-bond donors (Lipinski definition) is 1. The van der Waals surface area contributed by atoms with Crippen LogP contribution in [0.15, 0.2) is 76.9 Å². The van der Waals surface area contributed by atoms with E-state index in [1.54, 1.807) is 22.3 Å². The van der Waals surface area contributed by atoms with Crippen molar-refractivity contribution in [2.24, 2.45) is 11.3 Å². The van der Waals surface area contributed by atoms with E-state index >= 15 is 0 Å². The molecule has 1 nitrogen and oxygen atoms in total. The molecule has 1 aromatic rings. The Kier molecular flexibility index (Phi) is 10.5. The maximum atomic E-state index is 11.1. The first-order valence-electron chi connectivity index (χ1n) is 14.2. The Hall–Kier alpha value is -1.86. The van der Waals surface area contributed by atoms with Crippen LogP contribution in [0.3, 0.4) is 0 Å². The molecular weight excluding hydrogens is 412 g/mol. The van der Waals surface area contributed by atoms with Gasteiger partial charge in [-0.15, -0.1) is 0 Å². The van der Waals surface area contributed by atoms with Gasteiger partial charge in [-0.2, -0.15) is 0 Å². The van der Waals surface area contributed by atoms with E-state index in [2.05, 4.69) is 52.0 Å². The van der Waals surface area contributed by atoms with Gasteiger partial charge in [0.1, 0.15) is 0 Å². The SMILES string of the molecule is CCCCC1=C(CCCC)C2(C=CC(C(O)c3ccccc3)C=C2)C(CCCC)=C1CCCC. The minimum atomic E-state index is -0.488. The maximum absolute atomic E-state index is 11.1. The van der Waals surface area contributed by atoms with E-state index < -0.39 is 6.10 Å². The van der Waals surface area contributed by atoms with Gasteiger partial charge in [0.15, 0.2) is 0 Å². The Morgan fingerprint density at radius 2 is 1.12 bits per heavy atom. The molecule has 3 rings (SSSR count). The number of aliphatic hydroxyl groups is 1. The molecule has 186 valence electrons.